The maximum absolute atomic E-state index is 2.22. The molecule has 58 heavy (non-hydrogen) atoms. The number of hydrogen-bond donors (Lipinski definition) is 0. The van der Waals surface area contributed by atoms with Crippen LogP contribution in [0.1, 0.15) is 83.1 Å². The Labute approximate surface area is 353 Å². The third-order valence-corrected chi connectivity index (χ3v) is 8.39. The Morgan fingerprint density at radius 2 is 0.310 bits per heavy atom. The van der Waals surface area contributed by atoms with Gasteiger partial charge in [0.1, 0.15) is 0 Å². The fourth-order valence-corrected chi connectivity index (χ4v) is 6.14. The Kier molecular flexibility index (Phi) is 26.9. The van der Waals surface area contributed by atoms with Gasteiger partial charge in [-0.05, 0) is 65.3 Å². The fourth-order valence-electron chi connectivity index (χ4n) is 6.14. The van der Waals surface area contributed by atoms with E-state index in [1.807, 2.05) is 83.1 Å². The number of hydrogen-bond acceptors (Lipinski definition) is 0. The summed E-state index contributed by atoms with van der Waals surface area (Å²) in [6.07, 6.45) is 0. The number of benzene rings is 9. The van der Waals surface area contributed by atoms with E-state index < -0.39 is 0 Å². The quantitative estimate of drug-likeness (QED) is 0.144. The molecule has 0 saturated carbocycles. The molecule has 9 aromatic rings. The van der Waals surface area contributed by atoms with Crippen LogP contribution in [0, 0.1) is 0 Å². The van der Waals surface area contributed by atoms with Crippen molar-refractivity contribution in [1.82, 2.24) is 0 Å². The highest BCUT2D eigenvalue weighted by Crippen LogP contribution is 2.46. The Morgan fingerprint density at radius 3 is 0.517 bits per heavy atom. The summed E-state index contributed by atoms with van der Waals surface area (Å²) in [5.74, 6) is 0. The molecule has 0 unspecified atom stereocenters. The molecule has 1 aliphatic carbocycles. The minimum absolute atomic E-state index is 1.31. The van der Waals surface area contributed by atoms with Crippen LogP contribution in [0.3, 0.4) is 0 Å². The predicted octanol–water partition coefficient (Wildman–Crippen LogP) is 19.2. The minimum atomic E-state index is 1.31. The molecule has 302 valence electrons. The van der Waals surface area contributed by atoms with Gasteiger partial charge in [0.2, 0.25) is 0 Å². The van der Waals surface area contributed by atoms with Crippen molar-refractivity contribution in [3.63, 3.8) is 0 Å². The van der Waals surface area contributed by atoms with E-state index in [1.54, 1.807) is 0 Å². The highest BCUT2D eigenvalue weighted by Gasteiger charge is 2.19. The largest absolute Gasteiger partial charge is 0.0683 e. The van der Waals surface area contributed by atoms with Crippen LogP contribution in [-0.4, -0.2) is 0 Å². The lowest BCUT2D eigenvalue weighted by Crippen LogP contribution is -1.73. The summed E-state index contributed by atoms with van der Waals surface area (Å²) in [6, 6.07) is 71.9. The van der Waals surface area contributed by atoms with Gasteiger partial charge in [-0.25, -0.2) is 0 Å². The average molecular weight is 767 g/mol. The average Bonchev–Trinajstić information content (AvgIpc) is 3.68. The highest BCUT2D eigenvalue weighted by atomic mass is 14.2. The number of fused-ring (bicyclic) bond motifs is 6. The van der Waals surface area contributed by atoms with Gasteiger partial charge in [0, 0.05) is 0 Å². The van der Waals surface area contributed by atoms with E-state index in [1.165, 1.54) is 65.3 Å². The molecule has 1 aliphatic rings. The van der Waals surface area contributed by atoms with Crippen LogP contribution in [0.4, 0.5) is 0 Å². The van der Waals surface area contributed by atoms with Gasteiger partial charge in [-0.15, -0.1) is 0 Å². The van der Waals surface area contributed by atoms with Crippen LogP contribution in [0.2, 0.25) is 0 Å². The van der Waals surface area contributed by atoms with Crippen LogP contribution in [0.15, 0.2) is 206 Å². The van der Waals surface area contributed by atoms with Crippen LogP contribution >= 0.6 is 0 Å². The summed E-state index contributed by atoms with van der Waals surface area (Å²) < 4.78 is 0. The van der Waals surface area contributed by atoms with Crippen LogP contribution in [0.5, 0.6) is 0 Å². The normalized spacial score (nSPS) is 9.03. The fraction of sp³-hybridized carbons (Fsp3) is 0.207. The number of rotatable bonds is 0. The maximum atomic E-state index is 2.22. The Bertz CT molecular complexity index is 1960. The van der Waals surface area contributed by atoms with E-state index in [2.05, 4.69) is 206 Å². The van der Waals surface area contributed by atoms with Gasteiger partial charge in [0.25, 0.3) is 0 Å². The van der Waals surface area contributed by atoms with E-state index in [0.29, 0.717) is 0 Å². The van der Waals surface area contributed by atoms with Crippen LogP contribution in [0.25, 0.3) is 65.3 Å². The van der Waals surface area contributed by atoms with Crippen molar-refractivity contribution in [2.24, 2.45) is 0 Å². The van der Waals surface area contributed by atoms with Gasteiger partial charge in [-0.3, -0.25) is 0 Å². The third-order valence-electron chi connectivity index (χ3n) is 8.39. The zero-order valence-electron chi connectivity index (χ0n) is 37.6. The molecular weight excluding hydrogens is 697 g/mol. The van der Waals surface area contributed by atoms with Crippen molar-refractivity contribution in [1.29, 1.82) is 0 Å². The Hall–Kier alpha value is -5.98. The molecule has 0 saturated heterocycles. The topological polar surface area (TPSA) is 0 Å². The molecule has 9 aromatic carbocycles. The molecular formula is C58H70. The second kappa shape index (κ2) is 31.1. The van der Waals surface area contributed by atoms with Crippen molar-refractivity contribution >= 4 is 43.1 Å². The predicted molar refractivity (Wildman–Crippen MR) is 268 cm³/mol. The van der Waals surface area contributed by atoms with E-state index in [-0.39, 0.29) is 0 Å². The first-order valence-corrected chi connectivity index (χ1v) is 21.8. The lowest BCUT2D eigenvalue weighted by molar-refractivity contribution is 1.50. The van der Waals surface area contributed by atoms with Crippen molar-refractivity contribution < 1.29 is 0 Å². The summed E-state index contributed by atoms with van der Waals surface area (Å²) in [4.78, 5) is 0. The lowest BCUT2D eigenvalue weighted by atomic mass is 10.0. The van der Waals surface area contributed by atoms with Crippen LogP contribution in [-0.2, 0) is 0 Å². The Morgan fingerprint density at radius 1 is 0.155 bits per heavy atom. The van der Waals surface area contributed by atoms with Gasteiger partial charge >= 0.3 is 0 Å². The first kappa shape index (κ1) is 50.0. The molecule has 0 amide bonds. The summed E-state index contributed by atoms with van der Waals surface area (Å²) >= 11 is 0. The van der Waals surface area contributed by atoms with E-state index in [0.717, 1.165) is 0 Å². The van der Waals surface area contributed by atoms with E-state index in [9.17, 15) is 0 Å². The van der Waals surface area contributed by atoms with Crippen molar-refractivity contribution in [2.75, 3.05) is 0 Å². The van der Waals surface area contributed by atoms with Crippen molar-refractivity contribution in [2.45, 2.75) is 83.1 Å². The molecule has 0 heteroatoms. The zero-order valence-corrected chi connectivity index (χ0v) is 37.6. The summed E-state index contributed by atoms with van der Waals surface area (Å²) in [5, 5.41) is 10.6. The smallest absolute Gasteiger partial charge is 0.00264 e. The monoisotopic (exact) mass is 767 g/mol. The molecule has 0 N–H and O–H groups in total. The summed E-state index contributed by atoms with van der Waals surface area (Å²) in [6.45, 7) is 24.0. The van der Waals surface area contributed by atoms with E-state index in [4.69, 9.17) is 0 Å². The molecule has 0 bridgehead atoms. The molecule has 0 fully saturated rings. The van der Waals surface area contributed by atoms with Gasteiger partial charge in [0.05, 0.1) is 0 Å². The highest BCUT2D eigenvalue weighted by molar-refractivity contribution is 6.15. The molecule has 0 heterocycles. The van der Waals surface area contributed by atoms with Gasteiger partial charge in [-0.2, -0.15) is 0 Å². The molecule has 0 nitrogen and oxygen atoms in total. The molecule has 0 aliphatic heterocycles. The Balaban J connectivity index is 0.000000362. The molecule has 0 spiro atoms. The zero-order chi connectivity index (χ0) is 43.0. The summed E-state index contributed by atoms with van der Waals surface area (Å²) in [5.41, 5.74) is 5.50. The third kappa shape index (κ3) is 14.5. The maximum Gasteiger partial charge on any atom is -0.00264 e. The first-order valence-electron chi connectivity index (χ1n) is 21.8. The van der Waals surface area contributed by atoms with E-state index >= 15 is 0 Å². The second-order valence-corrected chi connectivity index (χ2v) is 11.3. The molecule has 0 atom stereocenters. The van der Waals surface area contributed by atoms with Gasteiger partial charge < -0.3 is 0 Å². The van der Waals surface area contributed by atoms with Gasteiger partial charge in [-0.1, -0.05) is 289 Å². The van der Waals surface area contributed by atoms with Crippen LogP contribution < -0.4 is 0 Å². The molecule has 0 radical (unpaired) electrons. The van der Waals surface area contributed by atoms with Gasteiger partial charge in [0.15, 0.2) is 0 Å². The first-order chi connectivity index (χ1) is 28.8. The van der Waals surface area contributed by atoms with Crippen molar-refractivity contribution in [3.8, 4) is 22.3 Å². The second-order valence-electron chi connectivity index (χ2n) is 11.3. The SMILES string of the molecule is CC.CC.CC.CC.CC.CC.c1ccc2c(c1)-c1cccc3cccc-2c13.c1ccc2ccccc2c1.c1ccc2ccccc2c1.c1ccc2ccccc2c1. The minimum Gasteiger partial charge on any atom is -0.0683 e. The summed E-state index contributed by atoms with van der Waals surface area (Å²) in [7, 11) is 0. The molecule has 10 rings (SSSR count). The lowest BCUT2D eigenvalue weighted by Gasteiger charge is -2.00. The van der Waals surface area contributed by atoms with Crippen molar-refractivity contribution in [3.05, 3.63) is 206 Å². The molecule has 0 aromatic heterocycles. The standard InChI is InChI=1S/C16H10.3C10H8.6C2H6/c1-2-8-13-12(7-1)14-9-3-5-11-6-4-10-15(13)16(11)14;3*1-2-6-10-8-4-3-7-9(10)5-1;6*1-2/h1-10H;3*1-8H;6*1-2H3.